The van der Waals surface area contributed by atoms with Crippen LogP contribution in [0.5, 0.6) is 0 Å². The molecule has 0 fully saturated rings. The van der Waals surface area contributed by atoms with Gasteiger partial charge in [0, 0.05) is 16.8 Å². The van der Waals surface area contributed by atoms with Crippen molar-refractivity contribution in [3.05, 3.63) is 57.8 Å². The minimum Gasteiger partial charge on any atom is -0.323 e. The van der Waals surface area contributed by atoms with Crippen molar-refractivity contribution in [1.82, 2.24) is 0 Å². The quantitative estimate of drug-likeness (QED) is 0.268. The summed E-state index contributed by atoms with van der Waals surface area (Å²) in [6.07, 6.45) is 4.50. The zero-order valence-corrected chi connectivity index (χ0v) is 17.8. The summed E-state index contributed by atoms with van der Waals surface area (Å²) in [5.41, 5.74) is 6.47. The van der Waals surface area contributed by atoms with Gasteiger partial charge in [0.15, 0.2) is 5.78 Å². The van der Waals surface area contributed by atoms with E-state index >= 15 is 0 Å². The van der Waals surface area contributed by atoms with Crippen LogP contribution in [0.2, 0.25) is 0 Å². The van der Waals surface area contributed by atoms with Gasteiger partial charge in [-0.3, -0.25) is 9.32 Å². The first-order valence-electron chi connectivity index (χ1n) is 9.29. The largest absolute Gasteiger partial charge is 0.469 e. The molecule has 0 saturated heterocycles. The van der Waals surface area contributed by atoms with Crippen molar-refractivity contribution in [2.75, 3.05) is 6.61 Å². The fourth-order valence-corrected chi connectivity index (χ4v) is 4.19. The molecule has 0 amide bonds. The van der Waals surface area contributed by atoms with E-state index in [1.165, 1.54) is 16.9 Å². The Kier molecular flexibility index (Phi) is 8.56. The monoisotopic (exact) mass is 425 g/mol. The first-order valence-corrected chi connectivity index (χ1v) is 11.6. The van der Waals surface area contributed by atoms with E-state index in [4.69, 9.17) is 15.5 Å². The van der Waals surface area contributed by atoms with Crippen molar-refractivity contribution in [2.24, 2.45) is 5.73 Å². The van der Waals surface area contributed by atoms with Crippen LogP contribution >= 0.6 is 19.2 Å². The highest BCUT2D eigenvalue weighted by Gasteiger charge is 2.24. The summed E-state index contributed by atoms with van der Waals surface area (Å²) in [7, 11) is -4.52. The third-order valence-electron chi connectivity index (χ3n) is 4.40. The van der Waals surface area contributed by atoms with E-state index in [0.29, 0.717) is 19.3 Å². The van der Waals surface area contributed by atoms with Gasteiger partial charge < -0.3 is 15.5 Å². The normalized spacial score (nSPS) is 14.0. The molecule has 0 spiro atoms. The molecule has 0 saturated carbocycles. The topological polar surface area (TPSA) is 110 Å². The Morgan fingerprint density at radius 3 is 2.54 bits per heavy atom. The van der Waals surface area contributed by atoms with Crippen molar-refractivity contribution in [2.45, 2.75) is 51.0 Å². The number of aryl methyl sites for hydroxylation is 2. The minimum atomic E-state index is -4.52. The Labute approximate surface area is 170 Å². The summed E-state index contributed by atoms with van der Waals surface area (Å²) < 4.78 is 15.3. The van der Waals surface area contributed by atoms with Gasteiger partial charge in [0.05, 0.1) is 11.5 Å². The zero-order chi connectivity index (χ0) is 20.6. The van der Waals surface area contributed by atoms with Crippen LogP contribution in [0.15, 0.2) is 42.5 Å². The number of Topliss-reactive ketones (excluding diaryl/α,β-unsaturated/α-hetero) is 1. The van der Waals surface area contributed by atoms with E-state index in [9.17, 15) is 9.36 Å². The van der Waals surface area contributed by atoms with E-state index in [1.54, 1.807) is 6.92 Å². The lowest BCUT2D eigenvalue weighted by molar-refractivity contribution is 0.0983. The number of carbonyl (C=O) groups is 1. The average molecular weight is 425 g/mol. The molecule has 154 valence electrons. The number of nitrogens with two attached hydrogens (primary N) is 1. The number of unbranched alkanes of at least 4 members (excludes halogenated alkanes) is 1. The highest BCUT2D eigenvalue weighted by molar-refractivity contribution is 7.46. The van der Waals surface area contributed by atoms with Crippen LogP contribution in [0, 0.1) is 0 Å². The van der Waals surface area contributed by atoms with Crippen molar-refractivity contribution in [3.63, 3.8) is 0 Å². The Bertz CT molecular complexity index is 800. The molecule has 0 aliphatic rings. The lowest BCUT2D eigenvalue weighted by Gasteiger charge is -2.24. The van der Waals surface area contributed by atoms with Crippen molar-refractivity contribution >= 4 is 24.9 Å². The highest BCUT2D eigenvalue weighted by Crippen LogP contribution is 2.37. The van der Waals surface area contributed by atoms with E-state index in [2.05, 4.69) is 16.7 Å². The van der Waals surface area contributed by atoms with Crippen LogP contribution in [-0.4, -0.2) is 27.7 Å². The van der Waals surface area contributed by atoms with Gasteiger partial charge in [-0.15, -0.1) is 11.3 Å². The summed E-state index contributed by atoms with van der Waals surface area (Å²) in [6.45, 7) is 1.46. The molecule has 1 heterocycles. The predicted molar refractivity (Wildman–Crippen MR) is 112 cm³/mol. The molecule has 1 aromatic heterocycles. The molecule has 28 heavy (non-hydrogen) atoms. The predicted octanol–water partition coefficient (Wildman–Crippen LogP) is 4.10. The van der Waals surface area contributed by atoms with Gasteiger partial charge in [0.25, 0.3) is 0 Å². The molecule has 0 unspecified atom stereocenters. The van der Waals surface area contributed by atoms with Gasteiger partial charge in [-0.1, -0.05) is 30.3 Å². The third kappa shape index (κ3) is 8.78. The second-order valence-electron chi connectivity index (χ2n) is 7.30. The molecular formula is C20H28NO5PS. The Morgan fingerprint density at radius 2 is 1.86 bits per heavy atom. The average Bonchev–Trinajstić information content (AvgIpc) is 3.12. The third-order valence-corrected chi connectivity index (χ3v) is 6.06. The lowest BCUT2D eigenvalue weighted by Crippen LogP contribution is -2.41. The fourth-order valence-electron chi connectivity index (χ4n) is 2.76. The van der Waals surface area contributed by atoms with Crippen molar-refractivity contribution in [1.29, 1.82) is 0 Å². The number of hydrogen-bond donors (Lipinski definition) is 3. The Balaban J connectivity index is 1.73. The number of rotatable bonds is 12. The van der Waals surface area contributed by atoms with Crippen LogP contribution in [0.3, 0.4) is 0 Å². The lowest BCUT2D eigenvalue weighted by atomic mass is 9.98. The van der Waals surface area contributed by atoms with Gasteiger partial charge in [0.1, 0.15) is 0 Å². The molecule has 0 radical (unpaired) electrons. The molecule has 6 nitrogen and oxygen atoms in total. The summed E-state index contributed by atoms with van der Waals surface area (Å²) in [5, 5.41) is 0. The van der Waals surface area contributed by atoms with E-state index in [1.807, 2.05) is 30.3 Å². The smallest absolute Gasteiger partial charge is 0.323 e. The number of benzene rings is 1. The maximum Gasteiger partial charge on any atom is 0.469 e. The number of ketones is 1. The standard InChI is InChI=1S/C20H28NO5PS/c1-20(21,15-26-27(23,24)25)14-13-17-11-12-19(28-17)18(22)10-6-5-9-16-7-3-2-4-8-16/h2-4,7-8,11-12H,5-6,9-10,13-15,21H2,1H3,(H2,23,24,25)/t20-/m1/s1. The highest BCUT2D eigenvalue weighted by atomic mass is 32.1. The van der Waals surface area contributed by atoms with Crippen LogP contribution < -0.4 is 5.73 Å². The maximum absolute atomic E-state index is 12.4. The molecule has 0 aliphatic heterocycles. The molecule has 4 N–H and O–H groups in total. The second-order valence-corrected chi connectivity index (χ2v) is 9.71. The van der Waals surface area contributed by atoms with Gasteiger partial charge in [-0.2, -0.15) is 0 Å². The molecular weight excluding hydrogens is 397 g/mol. The molecule has 0 aliphatic carbocycles. The molecule has 1 atom stereocenters. The first kappa shape index (κ1) is 22.9. The SMILES string of the molecule is C[C@@](N)(CCc1ccc(C(=O)CCCCc2ccccc2)s1)COP(=O)(O)O. The van der Waals surface area contributed by atoms with Gasteiger partial charge in [-0.25, -0.2) is 4.57 Å². The van der Waals surface area contributed by atoms with Crippen molar-refractivity contribution in [3.8, 4) is 0 Å². The summed E-state index contributed by atoms with van der Waals surface area (Å²) in [4.78, 5) is 31.7. The van der Waals surface area contributed by atoms with Crippen LogP contribution in [0.25, 0.3) is 0 Å². The van der Waals surface area contributed by atoms with E-state index in [-0.39, 0.29) is 12.4 Å². The number of phosphoric ester groups is 1. The molecule has 2 rings (SSSR count). The number of phosphoric acid groups is 1. The zero-order valence-electron chi connectivity index (χ0n) is 16.0. The van der Waals surface area contributed by atoms with Gasteiger partial charge in [0.2, 0.25) is 0 Å². The maximum atomic E-state index is 12.4. The van der Waals surface area contributed by atoms with Gasteiger partial charge in [-0.05, 0) is 56.7 Å². The summed E-state index contributed by atoms with van der Waals surface area (Å²) >= 11 is 1.46. The second kappa shape index (κ2) is 10.4. The molecule has 8 heteroatoms. The molecule has 0 bridgehead atoms. The summed E-state index contributed by atoms with van der Waals surface area (Å²) in [5.74, 6) is 0.157. The number of thiophene rings is 1. The minimum absolute atomic E-state index is 0.157. The van der Waals surface area contributed by atoms with Crippen LogP contribution in [0.4, 0.5) is 0 Å². The molecule has 1 aromatic carbocycles. The van der Waals surface area contributed by atoms with E-state index < -0.39 is 13.4 Å². The van der Waals surface area contributed by atoms with Gasteiger partial charge >= 0.3 is 7.82 Å². The van der Waals surface area contributed by atoms with E-state index in [0.717, 1.165) is 29.0 Å². The summed E-state index contributed by atoms with van der Waals surface area (Å²) in [6, 6.07) is 14.0. The fraction of sp³-hybridized carbons (Fsp3) is 0.450. The number of carbonyl (C=O) groups excluding carboxylic acids is 1. The van der Waals surface area contributed by atoms with Crippen LogP contribution in [-0.2, 0) is 21.9 Å². The van der Waals surface area contributed by atoms with Crippen LogP contribution in [0.1, 0.15) is 52.7 Å². The Morgan fingerprint density at radius 1 is 1.14 bits per heavy atom. The number of hydrogen-bond acceptors (Lipinski definition) is 5. The molecule has 2 aromatic rings. The first-order chi connectivity index (χ1) is 13.1. The van der Waals surface area contributed by atoms with Crippen molar-refractivity contribution < 1.29 is 23.7 Å². The Hall–Kier alpha value is -1.34.